The van der Waals surface area contributed by atoms with Crippen molar-refractivity contribution in [3.63, 3.8) is 0 Å². The maximum atomic E-state index is 9.89. The van der Waals surface area contributed by atoms with Gasteiger partial charge in [-0.25, -0.2) is 0 Å². The van der Waals surface area contributed by atoms with Gasteiger partial charge in [0, 0.05) is 12.1 Å². The Morgan fingerprint density at radius 3 is 2.67 bits per heavy atom. The van der Waals surface area contributed by atoms with Crippen LogP contribution in [-0.4, -0.2) is 47.8 Å². The van der Waals surface area contributed by atoms with Gasteiger partial charge in [-0.3, -0.25) is 0 Å². The summed E-state index contributed by atoms with van der Waals surface area (Å²) in [4.78, 5) is 2.63. The Morgan fingerprint density at radius 1 is 1.11 bits per heavy atom. The minimum absolute atomic E-state index is 0.104. The third-order valence-corrected chi connectivity index (χ3v) is 4.70. The Morgan fingerprint density at radius 2 is 1.89 bits per heavy atom. The molecule has 1 aliphatic heterocycles. The van der Waals surface area contributed by atoms with Gasteiger partial charge in [-0.15, -0.1) is 0 Å². The van der Waals surface area contributed by atoms with Gasteiger partial charge in [0.05, 0.1) is 6.10 Å². The number of hydrogen-bond acceptors (Lipinski definition) is 3. The predicted octanol–water partition coefficient (Wildman–Crippen LogP) is 2.14. The molecule has 0 bridgehead atoms. The quantitative estimate of drug-likeness (QED) is 0.738. The van der Waals surface area contributed by atoms with Crippen molar-refractivity contribution >= 4 is 0 Å². The minimum atomic E-state index is -0.104. The third-order valence-electron chi connectivity index (χ3n) is 4.70. The standard InChI is InChI=1S/C15H30N2O/c1-13-7-4-5-11-17(13)12-6-10-16-14-8-2-3-9-15(14)18/h13-16,18H,2-12H2,1H3. The number of piperidine rings is 1. The molecule has 2 N–H and O–H groups in total. The lowest BCUT2D eigenvalue weighted by Gasteiger charge is -2.34. The first-order valence-corrected chi connectivity index (χ1v) is 7.93. The molecule has 3 unspecified atom stereocenters. The van der Waals surface area contributed by atoms with Gasteiger partial charge in [-0.05, 0) is 58.7 Å². The van der Waals surface area contributed by atoms with Crippen molar-refractivity contribution in [1.82, 2.24) is 10.2 Å². The molecule has 2 rings (SSSR count). The van der Waals surface area contributed by atoms with Crippen LogP contribution < -0.4 is 5.32 Å². The van der Waals surface area contributed by atoms with Crippen LogP contribution >= 0.6 is 0 Å². The topological polar surface area (TPSA) is 35.5 Å². The van der Waals surface area contributed by atoms with Crippen molar-refractivity contribution in [2.75, 3.05) is 19.6 Å². The normalized spacial score (nSPS) is 34.7. The molecule has 0 aromatic heterocycles. The van der Waals surface area contributed by atoms with Crippen LogP contribution in [-0.2, 0) is 0 Å². The highest BCUT2D eigenvalue weighted by Crippen LogP contribution is 2.19. The molecule has 0 radical (unpaired) electrons. The van der Waals surface area contributed by atoms with Gasteiger partial charge < -0.3 is 15.3 Å². The van der Waals surface area contributed by atoms with E-state index < -0.39 is 0 Å². The summed E-state index contributed by atoms with van der Waals surface area (Å²) in [5, 5.41) is 13.4. The van der Waals surface area contributed by atoms with E-state index in [0.717, 1.165) is 25.4 Å². The summed E-state index contributed by atoms with van der Waals surface area (Å²) in [5.41, 5.74) is 0. The van der Waals surface area contributed by atoms with Gasteiger partial charge in [-0.2, -0.15) is 0 Å². The van der Waals surface area contributed by atoms with E-state index in [1.807, 2.05) is 0 Å². The van der Waals surface area contributed by atoms with Gasteiger partial charge in [0.15, 0.2) is 0 Å². The van der Waals surface area contributed by atoms with Gasteiger partial charge in [0.2, 0.25) is 0 Å². The highest BCUT2D eigenvalue weighted by atomic mass is 16.3. The first kappa shape index (κ1) is 14.3. The smallest absolute Gasteiger partial charge is 0.0693 e. The fraction of sp³-hybridized carbons (Fsp3) is 1.00. The van der Waals surface area contributed by atoms with E-state index >= 15 is 0 Å². The molecule has 3 heteroatoms. The summed E-state index contributed by atoms with van der Waals surface area (Å²) in [6.07, 6.45) is 9.88. The van der Waals surface area contributed by atoms with E-state index in [9.17, 15) is 5.11 Å². The van der Waals surface area contributed by atoms with E-state index in [0.29, 0.717) is 6.04 Å². The van der Waals surface area contributed by atoms with Crippen LogP contribution in [0.3, 0.4) is 0 Å². The zero-order chi connectivity index (χ0) is 12.8. The second-order valence-electron chi connectivity index (χ2n) is 6.15. The fourth-order valence-corrected chi connectivity index (χ4v) is 3.41. The zero-order valence-corrected chi connectivity index (χ0v) is 11.9. The molecule has 3 nitrogen and oxygen atoms in total. The zero-order valence-electron chi connectivity index (χ0n) is 11.9. The molecule has 1 aliphatic carbocycles. The lowest BCUT2D eigenvalue weighted by Crippen LogP contribution is -2.44. The molecule has 106 valence electrons. The molecule has 18 heavy (non-hydrogen) atoms. The maximum absolute atomic E-state index is 9.89. The van der Waals surface area contributed by atoms with Gasteiger partial charge in [-0.1, -0.05) is 19.3 Å². The van der Waals surface area contributed by atoms with Crippen LogP contribution in [0, 0.1) is 0 Å². The Hall–Kier alpha value is -0.120. The summed E-state index contributed by atoms with van der Waals surface area (Å²) in [6, 6.07) is 1.14. The highest BCUT2D eigenvalue weighted by Gasteiger charge is 2.22. The summed E-state index contributed by atoms with van der Waals surface area (Å²) in [6.45, 7) is 5.92. The maximum Gasteiger partial charge on any atom is 0.0693 e. The Bertz CT molecular complexity index is 211. The second kappa shape index (κ2) is 7.46. The summed E-state index contributed by atoms with van der Waals surface area (Å²) >= 11 is 0. The molecule has 0 amide bonds. The molecule has 0 spiro atoms. The predicted molar refractivity (Wildman–Crippen MR) is 75.8 cm³/mol. The summed E-state index contributed by atoms with van der Waals surface area (Å²) < 4.78 is 0. The van der Waals surface area contributed by atoms with E-state index in [4.69, 9.17) is 0 Å². The van der Waals surface area contributed by atoms with Gasteiger partial charge in [0.25, 0.3) is 0 Å². The number of hydrogen-bond donors (Lipinski definition) is 2. The van der Waals surface area contributed by atoms with E-state index in [2.05, 4.69) is 17.1 Å². The lowest BCUT2D eigenvalue weighted by molar-refractivity contribution is 0.0895. The van der Waals surface area contributed by atoms with E-state index in [-0.39, 0.29) is 6.10 Å². The monoisotopic (exact) mass is 254 g/mol. The van der Waals surface area contributed by atoms with Crippen molar-refractivity contribution in [3.05, 3.63) is 0 Å². The average molecular weight is 254 g/mol. The highest BCUT2D eigenvalue weighted by molar-refractivity contribution is 4.80. The van der Waals surface area contributed by atoms with Crippen LogP contribution in [0.1, 0.15) is 58.3 Å². The molecule has 0 aromatic carbocycles. The van der Waals surface area contributed by atoms with Crippen LogP contribution in [0.2, 0.25) is 0 Å². The molecule has 2 fully saturated rings. The number of aliphatic hydroxyl groups excluding tert-OH is 1. The van der Waals surface area contributed by atoms with Crippen molar-refractivity contribution in [2.24, 2.45) is 0 Å². The molecule has 0 aromatic rings. The van der Waals surface area contributed by atoms with E-state index in [1.54, 1.807) is 0 Å². The Balaban J connectivity index is 1.57. The van der Waals surface area contributed by atoms with Gasteiger partial charge >= 0.3 is 0 Å². The number of nitrogens with one attached hydrogen (secondary N) is 1. The SMILES string of the molecule is CC1CCCCN1CCCNC1CCCCC1O. The van der Waals surface area contributed by atoms with Crippen molar-refractivity contribution in [3.8, 4) is 0 Å². The van der Waals surface area contributed by atoms with Crippen LogP contribution in [0.4, 0.5) is 0 Å². The second-order valence-corrected chi connectivity index (χ2v) is 6.15. The number of aliphatic hydroxyl groups is 1. The van der Waals surface area contributed by atoms with Gasteiger partial charge in [0.1, 0.15) is 0 Å². The summed E-state index contributed by atoms with van der Waals surface area (Å²) in [7, 11) is 0. The number of nitrogens with zero attached hydrogens (tertiary/aromatic N) is 1. The fourth-order valence-electron chi connectivity index (χ4n) is 3.41. The molecular weight excluding hydrogens is 224 g/mol. The molecule has 1 saturated carbocycles. The van der Waals surface area contributed by atoms with Crippen LogP contribution in [0.5, 0.6) is 0 Å². The molecule has 2 aliphatic rings. The van der Waals surface area contributed by atoms with Crippen molar-refractivity contribution in [1.29, 1.82) is 0 Å². The number of rotatable bonds is 5. The van der Waals surface area contributed by atoms with Crippen LogP contribution in [0.25, 0.3) is 0 Å². The number of likely N-dealkylation sites (tertiary alicyclic amines) is 1. The van der Waals surface area contributed by atoms with Crippen molar-refractivity contribution in [2.45, 2.75) is 76.5 Å². The molecule has 1 heterocycles. The Labute approximate surface area is 112 Å². The largest absolute Gasteiger partial charge is 0.392 e. The molecule has 3 atom stereocenters. The first-order valence-electron chi connectivity index (χ1n) is 7.93. The average Bonchev–Trinajstić information content (AvgIpc) is 2.38. The van der Waals surface area contributed by atoms with Crippen LogP contribution in [0.15, 0.2) is 0 Å². The summed E-state index contributed by atoms with van der Waals surface area (Å²) in [5.74, 6) is 0. The molecule has 1 saturated heterocycles. The Kier molecular flexibility index (Phi) is 5.93. The third kappa shape index (κ3) is 4.22. The lowest BCUT2D eigenvalue weighted by atomic mass is 9.92. The van der Waals surface area contributed by atoms with E-state index in [1.165, 1.54) is 51.6 Å². The molecular formula is C15H30N2O. The minimum Gasteiger partial charge on any atom is -0.392 e. The first-order chi connectivity index (χ1) is 8.77. The van der Waals surface area contributed by atoms with Crippen molar-refractivity contribution < 1.29 is 5.11 Å².